The van der Waals surface area contributed by atoms with Gasteiger partial charge in [-0.15, -0.1) is 0 Å². The molecule has 3 aromatic heterocycles. The molecule has 1 atom stereocenters. The number of hydrogen-bond donors (Lipinski definition) is 1. The van der Waals surface area contributed by atoms with Crippen LogP contribution in [-0.4, -0.2) is 29.3 Å². The summed E-state index contributed by atoms with van der Waals surface area (Å²) in [4.78, 5) is 13.0. The van der Waals surface area contributed by atoms with E-state index in [4.69, 9.17) is 10.8 Å². The summed E-state index contributed by atoms with van der Waals surface area (Å²) in [5.41, 5.74) is 9.63. The van der Waals surface area contributed by atoms with Crippen LogP contribution in [0, 0.1) is 17.1 Å². The minimum atomic E-state index is -0.339. The molecule has 0 radical (unpaired) electrons. The smallest absolute Gasteiger partial charge is 0.164 e. The fraction of sp³-hybridized carbons (Fsp3) is 0.0870. The summed E-state index contributed by atoms with van der Waals surface area (Å²) >= 11 is 0. The molecule has 5 rings (SSSR count). The molecule has 0 spiro atoms. The maximum Gasteiger partial charge on any atom is 0.164 e. The molecule has 2 N–H and O–H groups in total. The average molecular weight is 424 g/mol. The third-order valence-electron chi connectivity index (χ3n) is 5.31. The molecule has 156 valence electrons. The molecule has 32 heavy (non-hydrogen) atoms. The minimum Gasteiger partial charge on any atom is -0.383 e. The fourth-order valence-corrected chi connectivity index (χ4v) is 3.68. The summed E-state index contributed by atoms with van der Waals surface area (Å²) in [6, 6.07) is 15.4. The van der Waals surface area contributed by atoms with Crippen LogP contribution in [0.1, 0.15) is 24.2 Å². The van der Waals surface area contributed by atoms with E-state index in [1.807, 2.05) is 13.0 Å². The van der Waals surface area contributed by atoms with Gasteiger partial charge in [0.25, 0.3) is 0 Å². The molecule has 5 aromatic rings. The molecule has 0 amide bonds. The number of aromatic nitrogens is 6. The molecule has 0 fully saturated rings. The van der Waals surface area contributed by atoms with Crippen molar-refractivity contribution in [2.75, 3.05) is 5.73 Å². The van der Waals surface area contributed by atoms with Crippen molar-refractivity contribution in [2.45, 2.75) is 13.0 Å². The summed E-state index contributed by atoms with van der Waals surface area (Å²) in [6.45, 7) is 1.92. The Morgan fingerprint density at radius 2 is 1.94 bits per heavy atom. The summed E-state index contributed by atoms with van der Waals surface area (Å²) in [5, 5.41) is 14.6. The molecular weight excluding hydrogens is 407 g/mol. The van der Waals surface area contributed by atoms with E-state index < -0.39 is 0 Å². The van der Waals surface area contributed by atoms with Gasteiger partial charge in [0.1, 0.15) is 23.7 Å². The summed E-state index contributed by atoms with van der Waals surface area (Å²) < 4.78 is 17.5. The second-order valence-corrected chi connectivity index (χ2v) is 7.28. The van der Waals surface area contributed by atoms with Crippen molar-refractivity contribution < 1.29 is 4.39 Å². The van der Waals surface area contributed by atoms with Gasteiger partial charge in [-0.3, -0.25) is 0 Å². The molecule has 0 bridgehead atoms. The number of nitrogen functional groups attached to an aromatic ring is 1. The van der Waals surface area contributed by atoms with Crippen LogP contribution >= 0.6 is 0 Å². The van der Waals surface area contributed by atoms with Gasteiger partial charge in [-0.25, -0.2) is 24.0 Å². The van der Waals surface area contributed by atoms with Crippen LogP contribution in [-0.2, 0) is 0 Å². The van der Waals surface area contributed by atoms with E-state index in [1.165, 1.54) is 12.4 Å². The topological polar surface area (TPSA) is 111 Å². The monoisotopic (exact) mass is 424 g/mol. The lowest BCUT2D eigenvalue weighted by Crippen LogP contribution is -2.10. The van der Waals surface area contributed by atoms with E-state index in [2.05, 4.69) is 21.0 Å². The summed E-state index contributed by atoms with van der Waals surface area (Å²) in [6.07, 6.45) is 4.71. The van der Waals surface area contributed by atoms with Crippen LogP contribution in [0.15, 0.2) is 67.4 Å². The van der Waals surface area contributed by atoms with Gasteiger partial charge in [0.2, 0.25) is 0 Å². The van der Waals surface area contributed by atoms with Crippen molar-refractivity contribution in [1.29, 1.82) is 5.26 Å². The van der Waals surface area contributed by atoms with E-state index in [0.717, 1.165) is 5.56 Å². The highest BCUT2D eigenvalue weighted by Crippen LogP contribution is 2.33. The second-order valence-electron chi connectivity index (χ2n) is 7.28. The molecule has 0 aliphatic heterocycles. The highest BCUT2D eigenvalue weighted by molar-refractivity contribution is 5.98. The van der Waals surface area contributed by atoms with Gasteiger partial charge in [0.15, 0.2) is 5.65 Å². The maximum absolute atomic E-state index is 14.2. The van der Waals surface area contributed by atoms with Crippen molar-refractivity contribution in [3.8, 4) is 23.0 Å². The highest BCUT2D eigenvalue weighted by Gasteiger charge is 2.22. The van der Waals surface area contributed by atoms with E-state index in [1.54, 1.807) is 58.2 Å². The number of hydrogen-bond acceptors (Lipinski definition) is 6. The third-order valence-corrected chi connectivity index (χ3v) is 5.31. The first kappa shape index (κ1) is 19.4. The van der Waals surface area contributed by atoms with Crippen molar-refractivity contribution in [3.05, 3.63) is 84.5 Å². The number of anilines is 1. The van der Waals surface area contributed by atoms with Crippen molar-refractivity contribution in [3.63, 3.8) is 0 Å². The number of nitriles is 1. The Kier molecular flexibility index (Phi) is 4.60. The van der Waals surface area contributed by atoms with Gasteiger partial charge in [0, 0.05) is 11.8 Å². The Labute approximate surface area is 182 Å². The number of para-hydroxylation sites is 1. The quantitative estimate of drug-likeness (QED) is 0.469. The Bertz CT molecular complexity index is 1490. The normalized spacial score (nSPS) is 12.0. The van der Waals surface area contributed by atoms with Crippen LogP contribution < -0.4 is 5.73 Å². The fourth-order valence-electron chi connectivity index (χ4n) is 3.68. The lowest BCUT2D eigenvalue weighted by Gasteiger charge is -2.10. The predicted octanol–water partition coefficient (Wildman–Crippen LogP) is 3.88. The first-order valence-electron chi connectivity index (χ1n) is 9.85. The number of imidazole rings is 1. The van der Waals surface area contributed by atoms with E-state index >= 15 is 0 Å². The first-order valence-corrected chi connectivity index (χ1v) is 9.85. The summed E-state index contributed by atoms with van der Waals surface area (Å²) in [5.74, 6) is -0.0449. The predicted molar refractivity (Wildman–Crippen MR) is 117 cm³/mol. The number of benzene rings is 2. The molecular formula is C23H17FN8. The number of fused-ring (bicyclic) bond motifs is 1. The van der Waals surface area contributed by atoms with Gasteiger partial charge in [-0.2, -0.15) is 10.4 Å². The molecule has 0 saturated carbocycles. The zero-order valence-corrected chi connectivity index (χ0v) is 17.0. The lowest BCUT2D eigenvalue weighted by atomic mass is 10.1. The number of rotatable bonds is 4. The van der Waals surface area contributed by atoms with Crippen LogP contribution in [0.25, 0.3) is 28.0 Å². The first-order chi connectivity index (χ1) is 15.6. The van der Waals surface area contributed by atoms with E-state index in [-0.39, 0.29) is 11.9 Å². The third kappa shape index (κ3) is 3.15. The van der Waals surface area contributed by atoms with Crippen molar-refractivity contribution in [2.24, 2.45) is 0 Å². The van der Waals surface area contributed by atoms with Crippen molar-refractivity contribution >= 4 is 16.9 Å². The zero-order valence-electron chi connectivity index (χ0n) is 17.0. The number of nitrogens with two attached hydrogens (primary N) is 1. The molecule has 9 heteroatoms. The van der Waals surface area contributed by atoms with Gasteiger partial charge in [0.05, 0.1) is 40.8 Å². The molecule has 2 aromatic carbocycles. The Morgan fingerprint density at radius 3 is 2.75 bits per heavy atom. The van der Waals surface area contributed by atoms with Crippen LogP contribution in [0.2, 0.25) is 0 Å². The lowest BCUT2D eigenvalue weighted by molar-refractivity contribution is 0.568. The van der Waals surface area contributed by atoms with Crippen LogP contribution in [0.3, 0.4) is 0 Å². The second kappa shape index (κ2) is 7.59. The Morgan fingerprint density at radius 1 is 1.09 bits per heavy atom. The molecule has 8 nitrogen and oxygen atoms in total. The largest absolute Gasteiger partial charge is 0.383 e. The van der Waals surface area contributed by atoms with Gasteiger partial charge in [-0.1, -0.05) is 24.3 Å². The van der Waals surface area contributed by atoms with Gasteiger partial charge in [-0.05, 0) is 31.2 Å². The molecule has 1 unspecified atom stereocenters. The van der Waals surface area contributed by atoms with Gasteiger partial charge >= 0.3 is 0 Å². The maximum atomic E-state index is 14.2. The van der Waals surface area contributed by atoms with Crippen molar-refractivity contribution in [1.82, 2.24) is 29.3 Å². The molecule has 3 heterocycles. The molecule has 0 aliphatic carbocycles. The summed E-state index contributed by atoms with van der Waals surface area (Å²) in [7, 11) is 0. The molecule has 0 aliphatic rings. The van der Waals surface area contributed by atoms with Crippen LogP contribution in [0.5, 0.6) is 0 Å². The average Bonchev–Trinajstić information content (AvgIpc) is 3.45. The highest BCUT2D eigenvalue weighted by atomic mass is 19.1. The Hall–Kier alpha value is -4.58. The zero-order chi connectivity index (χ0) is 22.2. The Balaban J connectivity index is 1.63. The molecule has 0 saturated heterocycles. The van der Waals surface area contributed by atoms with Gasteiger partial charge < -0.3 is 10.3 Å². The standard InChI is InChI=1S/C23H17FN8/c1-14(18-11-31(13-29-18)19-8-3-2-7-17(19)24)32-23-20(22(26)27-12-28-23)21(30-32)16-6-4-5-15(9-16)10-25/h2-9,11-14H,1H3,(H2,26,27,28). The SMILES string of the molecule is CC(c1cn(-c2ccccc2F)cn1)n1nc(-c2cccc(C#N)c2)c2c(N)ncnc21. The van der Waals surface area contributed by atoms with E-state index in [0.29, 0.717) is 39.5 Å². The number of nitrogens with zero attached hydrogens (tertiary/aromatic N) is 7. The van der Waals surface area contributed by atoms with E-state index in [9.17, 15) is 9.65 Å². The van der Waals surface area contributed by atoms with Crippen LogP contribution in [0.4, 0.5) is 10.2 Å². The minimum absolute atomic E-state index is 0.294. The number of halogens is 1.